The fraction of sp³-hybridized carbons (Fsp3) is 0.273. The standard InChI is InChI=1S/C22H23N/c1-3-5-11-16-23-21(4-2)20-15-10-9-14-19(20)17-22(23)18-12-7-6-8-13-18/h2,6-10,12-15,17,21H,3,5,11,16H2,1H3. The first-order valence-electron chi connectivity index (χ1n) is 8.44. The predicted molar refractivity (Wildman–Crippen MR) is 98.6 cm³/mol. The molecule has 0 aliphatic carbocycles. The van der Waals surface area contributed by atoms with E-state index in [-0.39, 0.29) is 6.04 Å². The Morgan fingerprint density at radius 3 is 2.48 bits per heavy atom. The molecule has 0 spiro atoms. The van der Waals surface area contributed by atoms with Crippen LogP contribution in [0.3, 0.4) is 0 Å². The van der Waals surface area contributed by atoms with Gasteiger partial charge in [0.2, 0.25) is 0 Å². The van der Waals surface area contributed by atoms with E-state index in [0.29, 0.717) is 0 Å². The average Bonchev–Trinajstić information content (AvgIpc) is 2.62. The Balaban J connectivity index is 2.05. The van der Waals surface area contributed by atoms with Crippen molar-refractivity contribution in [3.8, 4) is 12.3 Å². The van der Waals surface area contributed by atoms with E-state index in [1.165, 1.54) is 41.6 Å². The van der Waals surface area contributed by atoms with Crippen molar-refractivity contribution in [2.45, 2.75) is 32.2 Å². The summed E-state index contributed by atoms with van der Waals surface area (Å²) in [5.74, 6) is 3.02. The van der Waals surface area contributed by atoms with Gasteiger partial charge < -0.3 is 4.90 Å². The molecule has 0 amide bonds. The van der Waals surface area contributed by atoms with Crippen molar-refractivity contribution < 1.29 is 0 Å². The fourth-order valence-corrected chi connectivity index (χ4v) is 3.25. The third-order valence-electron chi connectivity index (χ3n) is 4.43. The first-order chi connectivity index (χ1) is 11.3. The van der Waals surface area contributed by atoms with Gasteiger partial charge in [-0.3, -0.25) is 0 Å². The molecular weight excluding hydrogens is 278 g/mol. The first kappa shape index (κ1) is 15.4. The van der Waals surface area contributed by atoms with E-state index in [1.54, 1.807) is 0 Å². The van der Waals surface area contributed by atoms with Gasteiger partial charge in [0, 0.05) is 12.2 Å². The Labute approximate surface area is 139 Å². The summed E-state index contributed by atoms with van der Waals surface area (Å²) in [6, 6.07) is 19.1. The number of hydrogen-bond acceptors (Lipinski definition) is 1. The van der Waals surface area contributed by atoms with Gasteiger partial charge in [0.1, 0.15) is 6.04 Å². The van der Waals surface area contributed by atoms with E-state index in [2.05, 4.69) is 78.4 Å². The molecule has 1 aliphatic rings. The van der Waals surface area contributed by atoms with Crippen LogP contribution in [0, 0.1) is 12.3 Å². The van der Waals surface area contributed by atoms with Crippen molar-refractivity contribution in [3.05, 3.63) is 71.3 Å². The number of nitrogens with zero attached hydrogens (tertiary/aromatic N) is 1. The summed E-state index contributed by atoms with van der Waals surface area (Å²) in [5.41, 5.74) is 4.95. The maximum atomic E-state index is 5.93. The molecule has 0 fully saturated rings. The molecule has 1 heterocycles. The number of benzene rings is 2. The van der Waals surface area contributed by atoms with Gasteiger partial charge in [0.15, 0.2) is 0 Å². The van der Waals surface area contributed by atoms with Crippen molar-refractivity contribution in [1.29, 1.82) is 0 Å². The molecule has 1 nitrogen and oxygen atoms in total. The van der Waals surface area contributed by atoms with Gasteiger partial charge in [-0.05, 0) is 29.2 Å². The number of hydrogen-bond donors (Lipinski definition) is 0. The molecule has 1 unspecified atom stereocenters. The molecule has 1 aliphatic heterocycles. The van der Waals surface area contributed by atoms with Gasteiger partial charge in [-0.1, -0.05) is 80.3 Å². The van der Waals surface area contributed by atoms with Crippen molar-refractivity contribution in [2.24, 2.45) is 0 Å². The van der Waals surface area contributed by atoms with E-state index >= 15 is 0 Å². The molecule has 0 radical (unpaired) electrons. The normalized spacial score (nSPS) is 16.4. The Morgan fingerprint density at radius 1 is 1.00 bits per heavy atom. The van der Waals surface area contributed by atoms with Crippen LogP contribution in [0.1, 0.15) is 48.9 Å². The molecule has 116 valence electrons. The highest BCUT2D eigenvalue weighted by molar-refractivity contribution is 5.84. The van der Waals surface area contributed by atoms with Crippen LogP contribution in [-0.2, 0) is 0 Å². The quantitative estimate of drug-likeness (QED) is 0.530. The Kier molecular flexibility index (Phi) is 4.83. The monoisotopic (exact) mass is 301 g/mol. The summed E-state index contributed by atoms with van der Waals surface area (Å²) in [4.78, 5) is 2.40. The van der Waals surface area contributed by atoms with E-state index in [4.69, 9.17) is 6.42 Å². The minimum atomic E-state index is 0.0169. The van der Waals surface area contributed by atoms with Gasteiger partial charge in [-0.25, -0.2) is 0 Å². The zero-order valence-corrected chi connectivity index (χ0v) is 13.7. The van der Waals surface area contributed by atoms with Crippen LogP contribution < -0.4 is 0 Å². The summed E-state index contributed by atoms with van der Waals surface area (Å²) in [6.45, 7) is 3.23. The van der Waals surface area contributed by atoms with Crippen LogP contribution >= 0.6 is 0 Å². The topological polar surface area (TPSA) is 3.24 Å². The van der Waals surface area contributed by atoms with E-state index < -0.39 is 0 Å². The molecule has 3 rings (SSSR count). The van der Waals surface area contributed by atoms with Gasteiger partial charge in [-0.2, -0.15) is 0 Å². The lowest BCUT2D eigenvalue weighted by molar-refractivity contribution is 0.341. The van der Waals surface area contributed by atoms with Crippen LogP contribution in [0.4, 0.5) is 0 Å². The molecule has 0 saturated heterocycles. The fourth-order valence-electron chi connectivity index (χ4n) is 3.25. The largest absolute Gasteiger partial charge is 0.353 e. The maximum absolute atomic E-state index is 5.93. The Hall–Kier alpha value is -2.46. The molecule has 0 saturated carbocycles. The molecule has 2 aromatic carbocycles. The molecule has 1 atom stereocenters. The van der Waals surface area contributed by atoms with Crippen molar-refractivity contribution >= 4 is 11.8 Å². The highest BCUT2D eigenvalue weighted by Crippen LogP contribution is 2.38. The highest BCUT2D eigenvalue weighted by Gasteiger charge is 2.27. The highest BCUT2D eigenvalue weighted by atomic mass is 15.2. The van der Waals surface area contributed by atoms with Crippen LogP contribution in [0.2, 0.25) is 0 Å². The Bertz CT molecular complexity index is 721. The summed E-state index contributed by atoms with van der Waals surface area (Å²) in [6.07, 6.45) is 11.8. The second-order valence-corrected chi connectivity index (χ2v) is 5.99. The third kappa shape index (κ3) is 3.17. The van der Waals surface area contributed by atoms with E-state index in [9.17, 15) is 0 Å². The minimum Gasteiger partial charge on any atom is -0.353 e. The number of terminal acetylenes is 1. The first-order valence-corrected chi connectivity index (χ1v) is 8.44. The molecule has 0 N–H and O–H groups in total. The molecule has 0 bridgehead atoms. The van der Waals surface area contributed by atoms with Gasteiger partial charge in [-0.15, -0.1) is 6.42 Å². The lowest BCUT2D eigenvalue weighted by Gasteiger charge is -2.37. The summed E-state index contributed by atoms with van der Waals surface area (Å²) in [7, 11) is 0. The molecule has 0 aromatic heterocycles. The van der Waals surface area contributed by atoms with Gasteiger partial charge >= 0.3 is 0 Å². The van der Waals surface area contributed by atoms with Crippen molar-refractivity contribution in [3.63, 3.8) is 0 Å². The zero-order chi connectivity index (χ0) is 16.1. The van der Waals surface area contributed by atoms with Crippen molar-refractivity contribution in [2.75, 3.05) is 6.54 Å². The van der Waals surface area contributed by atoms with Crippen LogP contribution in [0.15, 0.2) is 54.6 Å². The molecular formula is C22H23N. The van der Waals surface area contributed by atoms with E-state index in [0.717, 1.165) is 6.54 Å². The maximum Gasteiger partial charge on any atom is 0.116 e. The second kappa shape index (κ2) is 7.20. The molecule has 1 heteroatoms. The SMILES string of the molecule is C#CC1c2ccccc2C=C(c2ccccc2)N1CCCCC. The number of fused-ring (bicyclic) bond motifs is 1. The van der Waals surface area contributed by atoms with E-state index in [1.807, 2.05) is 0 Å². The zero-order valence-electron chi connectivity index (χ0n) is 13.7. The molecule has 23 heavy (non-hydrogen) atoms. The lowest BCUT2D eigenvalue weighted by Crippen LogP contribution is -2.30. The summed E-state index contributed by atoms with van der Waals surface area (Å²) in [5, 5.41) is 0. The lowest BCUT2D eigenvalue weighted by atomic mass is 9.91. The second-order valence-electron chi connectivity index (χ2n) is 5.99. The summed E-state index contributed by atoms with van der Waals surface area (Å²) < 4.78 is 0. The van der Waals surface area contributed by atoms with Crippen LogP contribution in [-0.4, -0.2) is 11.4 Å². The molecule has 2 aromatic rings. The number of unbranched alkanes of at least 4 members (excludes halogenated alkanes) is 2. The predicted octanol–water partition coefficient (Wildman–Crippen LogP) is 5.36. The smallest absolute Gasteiger partial charge is 0.116 e. The Morgan fingerprint density at radius 2 is 1.74 bits per heavy atom. The van der Waals surface area contributed by atoms with Gasteiger partial charge in [0.05, 0.1) is 0 Å². The average molecular weight is 301 g/mol. The van der Waals surface area contributed by atoms with Crippen LogP contribution in [0.5, 0.6) is 0 Å². The minimum absolute atomic E-state index is 0.0169. The van der Waals surface area contributed by atoms with Crippen LogP contribution in [0.25, 0.3) is 11.8 Å². The summed E-state index contributed by atoms with van der Waals surface area (Å²) >= 11 is 0. The van der Waals surface area contributed by atoms with Gasteiger partial charge in [0.25, 0.3) is 0 Å². The number of rotatable bonds is 5. The van der Waals surface area contributed by atoms with Crippen molar-refractivity contribution in [1.82, 2.24) is 4.90 Å². The third-order valence-corrected chi connectivity index (χ3v) is 4.43.